The molecule has 1 saturated heterocycles. The van der Waals surface area contributed by atoms with Gasteiger partial charge < -0.3 is 10.6 Å². The van der Waals surface area contributed by atoms with Crippen molar-refractivity contribution in [1.82, 2.24) is 4.90 Å². The van der Waals surface area contributed by atoms with Crippen molar-refractivity contribution in [2.75, 3.05) is 13.1 Å². The number of rotatable bonds is 3. The summed E-state index contributed by atoms with van der Waals surface area (Å²) in [6, 6.07) is 8.07. The van der Waals surface area contributed by atoms with Crippen LogP contribution < -0.4 is 5.73 Å². The van der Waals surface area contributed by atoms with Crippen LogP contribution in [0.3, 0.4) is 0 Å². The summed E-state index contributed by atoms with van der Waals surface area (Å²) in [5.41, 5.74) is 6.88. The average molecular weight is 321 g/mol. The number of carbonyl (C=O) groups is 1. The van der Waals surface area contributed by atoms with E-state index in [0.29, 0.717) is 18.3 Å². The zero-order valence-electron chi connectivity index (χ0n) is 13.4. The molecule has 3 rings (SSSR count). The Morgan fingerprint density at radius 2 is 2.14 bits per heavy atom. The predicted molar refractivity (Wildman–Crippen MR) is 89.7 cm³/mol. The second-order valence-electron chi connectivity index (χ2n) is 7.57. The van der Waals surface area contributed by atoms with Gasteiger partial charge in [0.25, 0.3) is 0 Å². The Balaban J connectivity index is 1.68. The Labute approximate surface area is 137 Å². The average Bonchev–Trinajstić information content (AvgIpc) is 3.00. The Bertz CT molecular complexity index is 572. The molecule has 3 unspecified atom stereocenters. The molecule has 0 aromatic heterocycles. The second-order valence-corrected chi connectivity index (χ2v) is 8.00. The fourth-order valence-electron chi connectivity index (χ4n) is 4.13. The smallest absolute Gasteiger partial charge is 0.228 e. The van der Waals surface area contributed by atoms with Crippen molar-refractivity contribution in [3.8, 4) is 0 Å². The van der Waals surface area contributed by atoms with E-state index in [1.807, 2.05) is 43.0 Å². The molecule has 1 heterocycles. The highest BCUT2D eigenvalue weighted by molar-refractivity contribution is 6.30. The van der Waals surface area contributed by atoms with Crippen LogP contribution in [0.5, 0.6) is 0 Å². The van der Waals surface area contributed by atoms with Crippen LogP contribution in [0.2, 0.25) is 5.02 Å². The maximum atomic E-state index is 12.9. The quantitative estimate of drug-likeness (QED) is 0.930. The molecule has 1 aromatic rings. The normalized spacial score (nSPS) is 28.0. The first kappa shape index (κ1) is 15.8. The largest absolute Gasteiger partial charge is 0.342 e. The number of hydrogen-bond donors (Lipinski definition) is 1. The Kier molecular flexibility index (Phi) is 4.21. The summed E-state index contributed by atoms with van der Waals surface area (Å²) in [6.45, 7) is 5.79. The van der Waals surface area contributed by atoms with E-state index < -0.39 is 5.41 Å². The monoisotopic (exact) mass is 320 g/mol. The highest BCUT2D eigenvalue weighted by Crippen LogP contribution is 2.39. The van der Waals surface area contributed by atoms with Crippen molar-refractivity contribution in [3.05, 3.63) is 34.9 Å². The summed E-state index contributed by atoms with van der Waals surface area (Å²) in [5.74, 6) is 1.36. The lowest BCUT2D eigenvalue weighted by Crippen LogP contribution is -2.42. The van der Waals surface area contributed by atoms with Crippen molar-refractivity contribution < 1.29 is 4.79 Å². The molecule has 2 fully saturated rings. The number of nitrogens with two attached hydrogens (primary N) is 1. The van der Waals surface area contributed by atoms with Crippen LogP contribution in [0.1, 0.15) is 32.3 Å². The van der Waals surface area contributed by atoms with Gasteiger partial charge in [0.2, 0.25) is 5.91 Å². The van der Waals surface area contributed by atoms with Crippen LogP contribution in [0.25, 0.3) is 0 Å². The van der Waals surface area contributed by atoms with Gasteiger partial charge in [0.05, 0.1) is 0 Å². The standard InChI is InChI=1S/C18H25ClN2O/c1-18(2,9-12-4-3-5-14(19)8-12)17(22)21-10-13-6-7-16(20)15(13)11-21/h3-5,8,13,15-16H,6-7,9-11,20H2,1-2H3. The Morgan fingerprint density at radius 1 is 1.36 bits per heavy atom. The van der Waals surface area contributed by atoms with Gasteiger partial charge in [-0.05, 0) is 48.8 Å². The van der Waals surface area contributed by atoms with Crippen LogP contribution >= 0.6 is 11.6 Å². The van der Waals surface area contributed by atoms with E-state index in [1.165, 1.54) is 6.42 Å². The third-order valence-electron chi connectivity index (χ3n) is 5.31. The minimum atomic E-state index is -0.409. The molecule has 1 aliphatic heterocycles. The van der Waals surface area contributed by atoms with Gasteiger partial charge in [-0.25, -0.2) is 0 Å². The zero-order valence-corrected chi connectivity index (χ0v) is 14.1. The summed E-state index contributed by atoms with van der Waals surface area (Å²) >= 11 is 6.05. The molecule has 2 N–H and O–H groups in total. The lowest BCUT2D eigenvalue weighted by atomic mass is 9.84. The van der Waals surface area contributed by atoms with E-state index in [9.17, 15) is 4.79 Å². The van der Waals surface area contributed by atoms with Gasteiger partial charge >= 0.3 is 0 Å². The molecule has 1 saturated carbocycles. The highest BCUT2D eigenvalue weighted by atomic mass is 35.5. The molecule has 3 nitrogen and oxygen atoms in total. The van der Waals surface area contributed by atoms with Crippen LogP contribution in [0, 0.1) is 17.3 Å². The molecule has 22 heavy (non-hydrogen) atoms. The summed E-state index contributed by atoms with van der Waals surface area (Å²) in [6.07, 6.45) is 3.00. The molecule has 120 valence electrons. The van der Waals surface area contributed by atoms with Gasteiger partial charge in [-0.2, -0.15) is 0 Å². The first-order valence-corrected chi connectivity index (χ1v) is 8.54. The Morgan fingerprint density at radius 3 is 2.82 bits per heavy atom. The number of benzene rings is 1. The van der Waals surface area contributed by atoms with Crippen LogP contribution in [0.15, 0.2) is 24.3 Å². The van der Waals surface area contributed by atoms with Crippen LogP contribution in [0.4, 0.5) is 0 Å². The number of amides is 1. The lowest BCUT2D eigenvalue weighted by Gasteiger charge is -2.30. The fraction of sp³-hybridized carbons (Fsp3) is 0.611. The minimum absolute atomic E-state index is 0.245. The Hall–Kier alpha value is -1.06. The first-order valence-electron chi connectivity index (χ1n) is 8.16. The van der Waals surface area contributed by atoms with Crippen molar-refractivity contribution >= 4 is 17.5 Å². The minimum Gasteiger partial charge on any atom is -0.342 e. The molecular formula is C18H25ClN2O. The molecule has 2 aliphatic rings. The predicted octanol–water partition coefficient (Wildman–Crippen LogP) is 3.10. The van der Waals surface area contributed by atoms with Crippen LogP contribution in [-0.4, -0.2) is 29.9 Å². The number of likely N-dealkylation sites (tertiary alicyclic amines) is 1. The molecule has 1 amide bonds. The molecule has 3 atom stereocenters. The second kappa shape index (κ2) is 5.86. The SMILES string of the molecule is CC(C)(Cc1cccc(Cl)c1)C(=O)N1CC2CCC(N)C2C1. The number of hydrogen-bond acceptors (Lipinski definition) is 2. The van der Waals surface area contributed by atoms with Gasteiger partial charge in [0, 0.05) is 29.6 Å². The fourth-order valence-corrected chi connectivity index (χ4v) is 4.35. The van der Waals surface area contributed by atoms with Gasteiger partial charge in [-0.1, -0.05) is 37.6 Å². The summed E-state index contributed by atoms with van der Waals surface area (Å²) in [7, 11) is 0. The summed E-state index contributed by atoms with van der Waals surface area (Å²) in [5, 5.41) is 0.724. The van der Waals surface area contributed by atoms with Gasteiger partial charge in [0.15, 0.2) is 0 Å². The van der Waals surface area contributed by atoms with E-state index in [-0.39, 0.29) is 11.9 Å². The number of nitrogens with zero attached hydrogens (tertiary/aromatic N) is 1. The molecule has 0 radical (unpaired) electrons. The maximum absolute atomic E-state index is 12.9. The molecule has 1 aromatic carbocycles. The lowest BCUT2D eigenvalue weighted by molar-refractivity contribution is -0.139. The van der Waals surface area contributed by atoms with Gasteiger partial charge in [0.1, 0.15) is 0 Å². The molecule has 1 aliphatic carbocycles. The van der Waals surface area contributed by atoms with Crippen molar-refractivity contribution in [1.29, 1.82) is 0 Å². The van der Waals surface area contributed by atoms with E-state index in [0.717, 1.165) is 30.1 Å². The first-order chi connectivity index (χ1) is 10.4. The van der Waals surface area contributed by atoms with E-state index in [1.54, 1.807) is 0 Å². The zero-order chi connectivity index (χ0) is 15.9. The number of fused-ring (bicyclic) bond motifs is 1. The summed E-state index contributed by atoms with van der Waals surface area (Å²) in [4.78, 5) is 15.0. The molecule has 0 bridgehead atoms. The van der Waals surface area contributed by atoms with E-state index in [2.05, 4.69) is 0 Å². The van der Waals surface area contributed by atoms with Crippen LogP contribution in [-0.2, 0) is 11.2 Å². The topological polar surface area (TPSA) is 46.3 Å². The van der Waals surface area contributed by atoms with Crippen molar-refractivity contribution in [2.45, 2.75) is 39.2 Å². The van der Waals surface area contributed by atoms with Gasteiger partial charge in [-0.3, -0.25) is 4.79 Å². The van der Waals surface area contributed by atoms with Gasteiger partial charge in [-0.15, -0.1) is 0 Å². The maximum Gasteiger partial charge on any atom is 0.228 e. The number of halogens is 1. The third kappa shape index (κ3) is 3.02. The van der Waals surface area contributed by atoms with Crippen molar-refractivity contribution in [2.24, 2.45) is 23.0 Å². The molecular weight excluding hydrogens is 296 g/mol. The molecule has 0 spiro atoms. The number of carbonyl (C=O) groups excluding carboxylic acids is 1. The highest BCUT2D eigenvalue weighted by Gasteiger charge is 2.45. The van der Waals surface area contributed by atoms with E-state index >= 15 is 0 Å². The van der Waals surface area contributed by atoms with E-state index in [4.69, 9.17) is 17.3 Å². The molecule has 4 heteroatoms. The third-order valence-corrected chi connectivity index (χ3v) is 5.55. The van der Waals surface area contributed by atoms with Crippen molar-refractivity contribution in [3.63, 3.8) is 0 Å². The summed E-state index contributed by atoms with van der Waals surface area (Å²) < 4.78 is 0.